The fourth-order valence-corrected chi connectivity index (χ4v) is 4.31. The van der Waals surface area contributed by atoms with E-state index >= 15 is 0 Å². The monoisotopic (exact) mass is 249 g/mol. The third-order valence-corrected chi connectivity index (χ3v) is 5.27. The van der Waals surface area contributed by atoms with Crippen LogP contribution in [0.1, 0.15) is 58.8 Å². The van der Waals surface area contributed by atoms with Crippen LogP contribution in [0.15, 0.2) is 12.2 Å². The quantitative estimate of drug-likeness (QED) is 0.543. The number of carbonyl (C=O) groups is 1. The summed E-state index contributed by atoms with van der Waals surface area (Å²) in [7, 11) is 0. The SMILES string of the molecule is CCCCCC(CC)C1(C(N)=O)CC2C=CC1C2. The molecule has 0 radical (unpaired) electrons. The van der Waals surface area contributed by atoms with Crippen molar-refractivity contribution in [3.63, 3.8) is 0 Å². The number of hydrogen-bond donors (Lipinski definition) is 1. The first-order valence-corrected chi connectivity index (χ1v) is 7.63. The maximum absolute atomic E-state index is 12.1. The lowest BCUT2D eigenvalue weighted by Crippen LogP contribution is -2.46. The number of unbranched alkanes of at least 4 members (excludes halogenated alkanes) is 2. The third-order valence-electron chi connectivity index (χ3n) is 5.27. The summed E-state index contributed by atoms with van der Waals surface area (Å²) in [6, 6.07) is 0. The van der Waals surface area contributed by atoms with Gasteiger partial charge in [-0.1, -0.05) is 51.7 Å². The molecule has 0 aromatic rings. The van der Waals surface area contributed by atoms with E-state index in [9.17, 15) is 4.79 Å². The minimum atomic E-state index is -0.220. The molecule has 2 N–H and O–H groups in total. The number of allylic oxidation sites excluding steroid dienone is 2. The van der Waals surface area contributed by atoms with Crippen LogP contribution in [0.25, 0.3) is 0 Å². The number of primary amides is 1. The maximum atomic E-state index is 12.1. The Morgan fingerprint density at radius 2 is 2.17 bits per heavy atom. The van der Waals surface area contributed by atoms with Crippen molar-refractivity contribution < 1.29 is 4.79 Å². The molecule has 1 saturated carbocycles. The topological polar surface area (TPSA) is 43.1 Å². The molecule has 2 rings (SSSR count). The van der Waals surface area contributed by atoms with Gasteiger partial charge in [0.2, 0.25) is 5.91 Å². The van der Waals surface area contributed by atoms with Crippen molar-refractivity contribution in [2.45, 2.75) is 58.8 Å². The Morgan fingerprint density at radius 3 is 2.61 bits per heavy atom. The molecule has 2 bridgehead atoms. The molecule has 0 aromatic heterocycles. The fraction of sp³-hybridized carbons (Fsp3) is 0.812. The zero-order valence-corrected chi connectivity index (χ0v) is 11.8. The summed E-state index contributed by atoms with van der Waals surface area (Å²) in [5.74, 6) is 1.48. The lowest BCUT2D eigenvalue weighted by molar-refractivity contribution is -0.133. The molecule has 2 aliphatic rings. The smallest absolute Gasteiger partial charge is 0.224 e. The van der Waals surface area contributed by atoms with Crippen LogP contribution >= 0.6 is 0 Å². The average Bonchev–Trinajstić information content (AvgIpc) is 2.95. The van der Waals surface area contributed by atoms with Crippen LogP contribution in [0.5, 0.6) is 0 Å². The van der Waals surface area contributed by atoms with E-state index in [0.717, 1.165) is 19.3 Å². The van der Waals surface area contributed by atoms with E-state index in [2.05, 4.69) is 26.0 Å². The van der Waals surface area contributed by atoms with Crippen molar-refractivity contribution in [3.05, 3.63) is 12.2 Å². The zero-order valence-electron chi connectivity index (χ0n) is 11.8. The van der Waals surface area contributed by atoms with E-state index in [4.69, 9.17) is 5.73 Å². The number of nitrogens with two attached hydrogens (primary N) is 1. The molecule has 1 amide bonds. The summed E-state index contributed by atoms with van der Waals surface area (Å²) in [6.07, 6.45) is 12.7. The molecular weight excluding hydrogens is 222 g/mol. The molecule has 0 spiro atoms. The van der Waals surface area contributed by atoms with E-state index in [0.29, 0.717) is 17.8 Å². The van der Waals surface area contributed by atoms with Crippen molar-refractivity contribution in [2.75, 3.05) is 0 Å². The van der Waals surface area contributed by atoms with Crippen LogP contribution in [0, 0.1) is 23.2 Å². The van der Waals surface area contributed by atoms with Gasteiger partial charge in [-0.05, 0) is 37.0 Å². The zero-order chi connectivity index (χ0) is 13.2. The summed E-state index contributed by atoms with van der Waals surface area (Å²) < 4.78 is 0. The van der Waals surface area contributed by atoms with Gasteiger partial charge in [-0.15, -0.1) is 0 Å². The second-order valence-electron chi connectivity index (χ2n) is 6.20. The van der Waals surface area contributed by atoms with Crippen molar-refractivity contribution in [1.82, 2.24) is 0 Å². The number of fused-ring (bicyclic) bond motifs is 2. The average molecular weight is 249 g/mol. The molecule has 0 aromatic carbocycles. The van der Waals surface area contributed by atoms with Gasteiger partial charge in [0.25, 0.3) is 0 Å². The van der Waals surface area contributed by atoms with E-state index < -0.39 is 0 Å². The van der Waals surface area contributed by atoms with Crippen LogP contribution in [-0.4, -0.2) is 5.91 Å². The normalized spacial score (nSPS) is 35.0. The summed E-state index contributed by atoms with van der Waals surface area (Å²) in [5.41, 5.74) is 5.61. The molecule has 2 aliphatic carbocycles. The standard InChI is InChI=1S/C16H27NO/c1-3-5-6-7-13(4-2)16(15(17)18)11-12-8-9-14(16)10-12/h8-9,12-14H,3-7,10-11H2,1-2H3,(H2,17,18). The predicted molar refractivity (Wildman–Crippen MR) is 74.9 cm³/mol. The summed E-state index contributed by atoms with van der Waals surface area (Å²) >= 11 is 0. The Bertz CT molecular complexity index is 336. The Labute approximate surface area is 111 Å². The van der Waals surface area contributed by atoms with Gasteiger partial charge in [-0.2, -0.15) is 0 Å². The van der Waals surface area contributed by atoms with Crippen LogP contribution in [-0.2, 0) is 4.79 Å². The van der Waals surface area contributed by atoms with Crippen molar-refractivity contribution >= 4 is 5.91 Å². The molecular formula is C16H27NO. The van der Waals surface area contributed by atoms with Crippen LogP contribution in [0.3, 0.4) is 0 Å². The molecule has 4 unspecified atom stereocenters. The molecule has 4 atom stereocenters. The van der Waals surface area contributed by atoms with E-state index in [1.54, 1.807) is 0 Å². The molecule has 102 valence electrons. The minimum absolute atomic E-state index is 0.0392. The van der Waals surface area contributed by atoms with Gasteiger partial charge in [-0.25, -0.2) is 0 Å². The van der Waals surface area contributed by atoms with Crippen molar-refractivity contribution in [1.29, 1.82) is 0 Å². The lowest BCUT2D eigenvalue weighted by Gasteiger charge is -2.40. The summed E-state index contributed by atoms with van der Waals surface area (Å²) in [5, 5.41) is 0. The maximum Gasteiger partial charge on any atom is 0.224 e. The minimum Gasteiger partial charge on any atom is -0.369 e. The largest absolute Gasteiger partial charge is 0.369 e. The second kappa shape index (κ2) is 5.46. The lowest BCUT2D eigenvalue weighted by atomic mass is 9.63. The highest BCUT2D eigenvalue weighted by atomic mass is 16.1. The van der Waals surface area contributed by atoms with Gasteiger partial charge in [0, 0.05) is 0 Å². The molecule has 2 heteroatoms. The highest BCUT2D eigenvalue weighted by molar-refractivity contribution is 5.82. The molecule has 18 heavy (non-hydrogen) atoms. The van der Waals surface area contributed by atoms with Crippen LogP contribution < -0.4 is 5.73 Å². The van der Waals surface area contributed by atoms with E-state index in [1.165, 1.54) is 25.7 Å². The van der Waals surface area contributed by atoms with Gasteiger partial charge < -0.3 is 5.73 Å². The third kappa shape index (κ3) is 2.10. The first-order chi connectivity index (χ1) is 8.65. The predicted octanol–water partition coefficient (Wildman–Crippen LogP) is 3.66. The highest BCUT2D eigenvalue weighted by Crippen LogP contribution is 2.57. The van der Waals surface area contributed by atoms with E-state index in [1.807, 2.05) is 0 Å². The van der Waals surface area contributed by atoms with Crippen molar-refractivity contribution in [2.24, 2.45) is 28.9 Å². The van der Waals surface area contributed by atoms with Crippen molar-refractivity contribution in [3.8, 4) is 0 Å². The molecule has 0 saturated heterocycles. The molecule has 2 nitrogen and oxygen atoms in total. The van der Waals surface area contributed by atoms with Gasteiger partial charge in [-0.3, -0.25) is 4.79 Å². The van der Waals surface area contributed by atoms with Crippen LogP contribution in [0.2, 0.25) is 0 Å². The van der Waals surface area contributed by atoms with Gasteiger partial charge >= 0.3 is 0 Å². The molecule has 0 heterocycles. The number of carbonyl (C=O) groups excluding carboxylic acids is 1. The van der Waals surface area contributed by atoms with Gasteiger partial charge in [0.1, 0.15) is 0 Å². The summed E-state index contributed by atoms with van der Waals surface area (Å²) in [6.45, 7) is 4.45. The Hall–Kier alpha value is -0.790. The Kier molecular flexibility index (Phi) is 4.14. The number of rotatable bonds is 7. The van der Waals surface area contributed by atoms with Gasteiger partial charge in [0.05, 0.1) is 5.41 Å². The molecule has 0 aliphatic heterocycles. The first-order valence-electron chi connectivity index (χ1n) is 7.63. The fourth-order valence-electron chi connectivity index (χ4n) is 4.31. The van der Waals surface area contributed by atoms with E-state index in [-0.39, 0.29) is 11.3 Å². The first kappa shape index (κ1) is 13.6. The highest BCUT2D eigenvalue weighted by Gasteiger charge is 2.55. The Balaban J connectivity index is 2.13. The number of amides is 1. The number of hydrogen-bond acceptors (Lipinski definition) is 1. The molecule has 1 fully saturated rings. The van der Waals surface area contributed by atoms with Crippen LogP contribution in [0.4, 0.5) is 0 Å². The Morgan fingerprint density at radius 1 is 1.39 bits per heavy atom. The second-order valence-corrected chi connectivity index (χ2v) is 6.20. The summed E-state index contributed by atoms with van der Waals surface area (Å²) in [4.78, 5) is 12.1. The van der Waals surface area contributed by atoms with Gasteiger partial charge in [0.15, 0.2) is 0 Å².